The van der Waals surface area contributed by atoms with E-state index in [1.165, 1.54) is 6.42 Å². The molecule has 4 nitrogen and oxygen atoms in total. The SMILES string of the molecule is CC(C)(C)OC(=O)NC[C@@H]1C[C@H](C(C)(C)C)CCN1. The first-order valence-corrected chi connectivity index (χ1v) is 7.28. The lowest BCUT2D eigenvalue weighted by atomic mass is 9.74. The van der Waals surface area contributed by atoms with Crippen LogP contribution in [-0.2, 0) is 4.74 Å². The Bertz CT molecular complexity index is 302. The van der Waals surface area contributed by atoms with E-state index in [0.29, 0.717) is 23.9 Å². The van der Waals surface area contributed by atoms with Crippen LogP contribution in [0, 0.1) is 11.3 Å². The van der Waals surface area contributed by atoms with E-state index in [1.54, 1.807) is 0 Å². The minimum absolute atomic E-state index is 0.327. The molecule has 1 aliphatic rings. The summed E-state index contributed by atoms with van der Waals surface area (Å²) in [7, 11) is 0. The van der Waals surface area contributed by atoms with E-state index in [9.17, 15) is 4.79 Å². The highest BCUT2D eigenvalue weighted by Crippen LogP contribution is 2.33. The molecule has 0 aromatic carbocycles. The molecule has 1 aliphatic heterocycles. The number of nitrogens with one attached hydrogen (secondary N) is 2. The van der Waals surface area contributed by atoms with Gasteiger partial charge in [-0.05, 0) is 51.5 Å². The summed E-state index contributed by atoms with van der Waals surface area (Å²) in [6.07, 6.45) is 2.00. The van der Waals surface area contributed by atoms with E-state index in [2.05, 4.69) is 31.4 Å². The third-order valence-electron chi connectivity index (χ3n) is 3.61. The van der Waals surface area contributed by atoms with Crippen molar-refractivity contribution in [2.45, 2.75) is 66.0 Å². The zero-order valence-electron chi connectivity index (χ0n) is 13.3. The van der Waals surface area contributed by atoms with Gasteiger partial charge in [-0.2, -0.15) is 0 Å². The van der Waals surface area contributed by atoms with Crippen molar-refractivity contribution in [1.82, 2.24) is 10.6 Å². The van der Waals surface area contributed by atoms with E-state index in [4.69, 9.17) is 4.74 Å². The normalized spacial score (nSPS) is 24.9. The zero-order valence-corrected chi connectivity index (χ0v) is 13.3. The Balaban J connectivity index is 2.35. The highest BCUT2D eigenvalue weighted by molar-refractivity contribution is 5.67. The lowest BCUT2D eigenvalue weighted by Gasteiger charge is -2.38. The molecule has 2 atom stereocenters. The van der Waals surface area contributed by atoms with Crippen molar-refractivity contribution in [3.05, 3.63) is 0 Å². The van der Waals surface area contributed by atoms with Gasteiger partial charge in [0, 0.05) is 12.6 Å². The molecule has 2 N–H and O–H groups in total. The van der Waals surface area contributed by atoms with Gasteiger partial charge in [-0.1, -0.05) is 20.8 Å². The molecule has 0 unspecified atom stereocenters. The fraction of sp³-hybridized carbons (Fsp3) is 0.933. The van der Waals surface area contributed by atoms with Gasteiger partial charge in [-0.25, -0.2) is 4.79 Å². The maximum atomic E-state index is 11.6. The first kappa shape index (κ1) is 16.3. The van der Waals surface area contributed by atoms with E-state index in [-0.39, 0.29) is 6.09 Å². The highest BCUT2D eigenvalue weighted by atomic mass is 16.6. The lowest BCUT2D eigenvalue weighted by molar-refractivity contribution is 0.0514. The monoisotopic (exact) mass is 270 g/mol. The quantitative estimate of drug-likeness (QED) is 0.811. The standard InChI is InChI=1S/C15H30N2O2/c1-14(2,3)11-7-8-16-12(9-11)10-17-13(18)19-15(4,5)6/h11-12,16H,7-10H2,1-6H3,(H,17,18)/t11-,12+/m1/s1. The minimum Gasteiger partial charge on any atom is -0.444 e. The Labute approximate surface area is 117 Å². The average molecular weight is 270 g/mol. The Morgan fingerprint density at radius 1 is 1.26 bits per heavy atom. The summed E-state index contributed by atoms with van der Waals surface area (Å²) in [6, 6.07) is 0.352. The van der Waals surface area contributed by atoms with E-state index >= 15 is 0 Å². The molecule has 1 heterocycles. The average Bonchev–Trinajstić information content (AvgIpc) is 2.23. The largest absolute Gasteiger partial charge is 0.444 e. The fourth-order valence-corrected chi connectivity index (χ4v) is 2.47. The number of amides is 1. The molecule has 1 amide bonds. The molecule has 4 heteroatoms. The predicted molar refractivity (Wildman–Crippen MR) is 78.2 cm³/mol. The van der Waals surface area contributed by atoms with Gasteiger partial charge < -0.3 is 15.4 Å². The van der Waals surface area contributed by atoms with Crippen LogP contribution in [0.5, 0.6) is 0 Å². The minimum atomic E-state index is -0.433. The summed E-state index contributed by atoms with van der Waals surface area (Å²) in [6.45, 7) is 14.2. The van der Waals surface area contributed by atoms with Gasteiger partial charge in [0.1, 0.15) is 5.60 Å². The molecule has 1 rings (SSSR count). The van der Waals surface area contributed by atoms with Crippen molar-refractivity contribution in [1.29, 1.82) is 0 Å². The molecule has 0 spiro atoms. The van der Waals surface area contributed by atoms with Crippen LogP contribution in [0.15, 0.2) is 0 Å². The summed E-state index contributed by atoms with van der Waals surface area (Å²) in [5, 5.41) is 6.33. The molecule has 0 radical (unpaired) electrons. The summed E-state index contributed by atoms with van der Waals surface area (Å²) < 4.78 is 5.25. The van der Waals surface area contributed by atoms with Crippen molar-refractivity contribution in [3.8, 4) is 0 Å². The maximum absolute atomic E-state index is 11.6. The van der Waals surface area contributed by atoms with E-state index in [1.807, 2.05) is 20.8 Å². The molecule has 0 aromatic rings. The zero-order chi connectivity index (χ0) is 14.7. The molecule has 1 fully saturated rings. The van der Waals surface area contributed by atoms with Crippen molar-refractivity contribution in [3.63, 3.8) is 0 Å². The molecule has 0 saturated carbocycles. The second-order valence-corrected chi connectivity index (χ2v) is 7.62. The number of ether oxygens (including phenoxy) is 1. The number of carbonyl (C=O) groups excluding carboxylic acids is 1. The van der Waals surface area contributed by atoms with Crippen molar-refractivity contribution in [2.75, 3.05) is 13.1 Å². The molecule has 0 aromatic heterocycles. The van der Waals surface area contributed by atoms with Gasteiger partial charge in [-0.3, -0.25) is 0 Å². The van der Waals surface area contributed by atoms with Crippen LogP contribution in [0.1, 0.15) is 54.4 Å². The number of hydrogen-bond acceptors (Lipinski definition) is 3. The van der Waals surface area contributed by atoms with Gasteiger partial charge in [0.15, 0.2) is 0 Å². The Hall–Kier alpha value is -0.770. The number of piperidine rings is 1. The first-order chi connectivity index (χ1) is 8.58. The topological polar surface area (TPSA) is 50.4 Å². The molecule has 1 saturated heterocycles. The molecule has 112 valence electrons. The van der Waals surface area contributed by atoms with Gasteiger partial charge >= 0.3 is 6.09 Å². The van der Waals surface area contributed by atoms with Crippen molar-refractivity contribution < 1.29 is 9.53 Å². The highest BCUT2D eigenvalue weighted by Gasteiger charge is 2.30. The summed E-state index contributed by atoms with van der Waals surface area (Å²) in [5.41, 5.74) is -0.0930. The van der Waals surface area contributed by atoms with Gasteiger partial charge in [0.05, 0.1) is 0 Å². The lowest BCUT2D eigenvalue weighted by Crippen LogP contribution is -2.48. The van der Waals surface area contributed by atoms with Crippen molar-refractivity contribution >= 4 is 6.09 Å². The van der Waals surface area contributed by atoms with Crippen LogP contribution in [0.4, 0.5) is 4.79 Å². The molecular formula is C15H30N2O2. The van der Waals surface area contributed by atoms with Crippen LogP contribution < -0.4 is 10.6 Å². The second kappa shape index (κ2) is 6.12. The predicted octanol–water partition coefficient (Wildman–Crippen LogP) is 2.93. The van der Waals surface area contributed by atoms with Crippen LogP contribution in [-0.4, -0.2) is 30.8 Å². The molecule has 19 heavy (non-hydrogen) atoms. The third kappa shape index (κ3) is 6.28. The summed E-state index contributed by atoms with van der Waals surface area (Å²) in [5.74, 6) is 0.708. The maximum Gasteiger partial charge on any atom is 0.407 e. The number of carbonyl (C=O) groups is 1. The Kier molecular flexibility index (Phi) is 5.25. The van der Waals surface area contributed by atoms with Crippen molar-refractivity contribution in [2.24, 2.45) is 11.3 Å². The van der Waals surface area contributed by atoms with Crippen LogP contribution >= 0.6 is 0 Å². The van der Waals surface area contributed by atoms with Crippen LogP contribution in [0.2, 0.25) is 0 Å². The molecule has 0 bridgehead atoms. The number of rotatable bonds is 2. The second-order valence-electron chi connectivity index (χ2n) is 7.62. The number of hydrogen-bond donors (Lipinski definition) is 2. The van der Waals surface area contributed by atoms with Gasteiger partial charge in [0.2, 0.25) is 0 Å². The number of alkyl carbamates (subject to hydrolysis) is 1. The van der Waals surface area contributed by atoms with E-state index in [0.717, 1.165) is 13.0 Å². The Morgan fingerprint density at radius 3 is 2.42 bits per heavy atom. The van der Waals surface area contributed by atoms with Crippen LogP contribution in [0.3, 0.4) is 0 Å². The summed E-state index contributed by atoms with van der Waals surface area (Å²) >= 11 is 0. The summed E-state index contributed by atoms with van der Waals surface area (Å²) in [4.78, 5) is 11.6. The van der Waals surface area contributed by atoms with E-state index < -0.39 is 5.60 Å². The first-order valence-electron chi connectivity index (χ1n) is 7.28. The molecular weight excluding hydrogens is 240 g/mol. The van der Waals surface area contributed by atoms with Gasteiger partial charge in [0.25, 0.3) is 0 Å². The van der Waals surface area contributed by atoms with Crippen LogP contribution in [0.25, 0.3) is 0 Å². The molecule has 0 aliphatic carbocycles. The van der Waals surface area contributed by atoms with Gasteiger partial charge in [-0.15, -0.1) is 0 Å². The smallest absolute Gasteiger partial charge is 0.407 e. The fourth-order valence-electron chi connectivity index (χ4n) is 2.47. The Morgan fingerprint density at radius 2 is 1.89 bits per heavy atom. The third-order valence-corrected chi connectivity index (χ3v) is 3.61.